The maximum Gasteiger partial charge on any atom is 0.0312 e. The van der Waals surface area contributed by atoms with Crippen molar-refractivity contribution < 1.29 is 0 Å². The molecule has 1 heterocycles. The van der Waals surface area contributed by atoms with E-state index in [1.165, 1.54) is 11.1 Å². The molecular weight excluding hydrogens is 314 g/mol. The monoisotopic (exact) mass is 333 g/mol. The topological polar surface area (TPSA) is 28.2 Å². The van der Waals surface area contributed by atoms with Crippen molar-refractivity contribution in [3.05, 3.63) is 64.4 Å². The third kappa shape index (κ3) is 5.41. The molecule has 0 unspecified atom stereocenters. The van der Waals surface area contributed by atoms with Gasteiger partial charge in [-0.3, -0.25) is 4.98 Å². The van der Waals surface area contributed by atoms with Gasteiger partial charge >= 0.3 is 0 Å². The van der Waals surface area contributed by atoms with Crippen LogP contribution in [0.5, 0.6) is 0 Å². The molecule has 1 N–H and O–H groups in total. The van der Waals surface area contributed by atoms with Crippen LogP contribution in [-0.4, -0.2) is 30.0 Å². The minimum Gasteiger partial charge on any atom is -0.311 e. The van der Waals surface area contributed by atoms with Crippen LogP contribution in [0.4, 0.5) is 0 Å². The molecule has 106 valence electrons. The van der Waals surface area contributed by atoms with Crippen molar-refractivity contribution >= 4 is 15.9 Å². The first kappa shape index (κ1) is 15.2. The van der Waals surface area contributed by atoms with E-state index in [2.05, 4.69) is 68.5 Å². The molecule has 20 heavy (non-hydrogen) atoms. The smallest absolute Gasteiger partial charge is 0.0312 e. The average molecular weight is 334 g/mol. The fourth-order valence-electron chi connectivity index (χ4n) is 2.03. The van der Waals surface area contributed by atoms with Crippen molar-refractivity contribution in [2.24, 2.45) is 0 Å². The van der Waals surface area contributed by atoms with Crippen molar-refractivity contribution in [1.82, 2.24) is 15.2 Å². The number of aromatic nitrogens is 1. The minimum atomic E-state index is 0.874. The zero-order chi connectivity index (χ0) is 14.2. The minimum absolute atomic E-state index is 0.874. The Morgan fingerprint density at radius 1 is 1.20 bits per heavy atom. The van der Waals surface area contributed by atoms with Gasteiger partial charge in [0.2, 0.25) is 0 Å². The van der Waals surface area contributed by atoms with Gasteiger partial charge in [-0.05, 0) is 36.4 Å². The quantitative estimate of drug-likeness (QED) is 0.789. The summed E-state index contributed by atoms with van der Waals surface area (Å²) >= 11 is 3.51. The zero-order valence-electron chi connectivity index (χ0n) is 11.7. The first-order valence-electron chi connectivity index (χ1n) is 6.76. The molecule has 0 amide bonds. The van der Waals surface area contributed by atoms with E-state index in [0.29, 0.717) is 0 Å². The number of pyridine rings is 1. The van der Waals surface area contributed by atoms with Gasteiger partial charge < -0.3 is 10.2 Å². The summed E-state index contributed by atoms with van der Waals surface area (Å²) in [6.07, 6.45) is 3.70. The van der Waals surface area contributed by atoms with E-state index in [-0.39, 0.29) is 0 Å². The van der Waals surface area contributed by atoms with E-state index >= 15 is 0 Å². The molecule has 0 aliphatic carbocycles. The lowest BCUT2D eigenvalue weighted by Crippen LogP contribution is -2.28. The van der Waals surface area contributed by atoms with Gasteiger partial charge in [0, 0.05) is 43.0 Å². The van der Waals surface area contributed by atoms with Crippen molar-refractivity contribution in [2.45, 2.75) is 13.1 Å². The molecule has 0 atom stereocenters. The number of likely N-dealkylation sites (N-methyl/N-ethyl adjacent to an activating group) is 1. The van der Waals surface area contributed by atoms with Crippen LogP contribution < -0.4 is 5.32 Å². The summed E-state index contributed by atoms with van der Waals surface area (Å²) in [6.45, 7) is 3.83. The molecule has 0 fully saturated rings. The fourth-order valence-corrected chi connectivity index (χ4v) is 2.48. The van der Waals surface area contributed by atoms with Gasteiger partial charge in [0.25, 0.3) is 0 Å². The zero-order valence-corrected chi connectivity index (χ0v) is 13.3. The Kier molecular flexibility index (Phi) is 6.18. The van der Waals surface area contributed by atoms with E-state index in [1.54, 1.807) is 6.20 Å². The fraction of sp³-hybridized carbons (Fsp3) is 0.312. The van der Waals surface area contributed by atoms with Gasteiger partial charge in [-0.2, -0.15) is 0 Å². The van der Waals surface area contributed by atoms with Gasteiger partial charge in [0.1, 0.15) is 0 Å². The van der Waals surface area contributed by atoms with E-state index in [1.807, 2.05) is 12.3 Å². The third-order valence-corrected chi connectivity index (χ3v) is 3.56. The Morgan fingerprint density at radius 3 is 2.80 bits per heavy atom. The van der Waals surface area contributed by atoms with Crippen LogP contribution in [0.15, 0.2) is 53.3 Å². The lowest BCUT2D eigenvalue weighted by Gasteiger charge is -2.17. The van der Waals surface area contributed by atoms with Crippen LogP contribution in [0.3, 0.4) is 0 Å². The molecule has 0 saturated carbocycles. The Morgan fingerprint density at radius 2 is 2.05 bits per heavy atom. The summed E-state index contributed by atoms with van der Waals surface area (Å²) in [5.41, 5.74) is 2.55. The van der Waals surface area contributed by atoms with Crippen molar-refractivity contribution in [3.63, 3.8) is 0 Å². The highest BCUT2D eigenvalue weighted by molar-refractivity contribution is 9.10. The molecule has 0 aliphatic heterocycles. The molecule has 0 bridgehead atoms. The Hall–Kier alpha value is -1.23. The number of halogens is 1. The molecule has 4 heteroatoms. The average Bonchev–Trinajstić information content (AvgIpc) is 2.45. The summed E-state index contributed by atoms with van der Waals surface area (Å²) in [6, 6.07) is 12.5. The second-order valence-electron chi connectivity index (χ2n) is 4.91. The lowest BCUT2D eigenvalue weighted by molar-refractivity contribution is 0.324. The standard InChI is InChI=1S/C16H20BrN3/c1-20(13-14-4-2-6-16(17)10-14)9-8-19-12-15-5-3-7-18-11-15/h2-7,10-11,19H,8-9,12-13H2,1H3. The molecule has 1 aromatic heterocycles. The van der Waals surface area contributed by atoms with E-state index in [9.17, 15) is 0 Å². The number of hydrogen-bond acceptors (Lipinski definition) is 3. The van der Waals surface area contributed by atoms with Gasteiger partial charge in [0.05, 0.1) is 0 Å². The molecule has 2 rings (SSSR count). The number of nitrogens with one attached hydrogen (secondary N) is 1. The van der Waals surface area contributed by atoms with Crippen LogP contribution in [0.2, 0.25) is 0 Å². The second-order valence-corrected chi connectivity index (χ2v) is 5.82. The summed E-state index contributed by atoms with van der Waals surface area (Å²) in [7, 11) is 2.15. The van der Waals surface area contributed by atoms with Gasteiger partial charge in [0.15, 0.2) is 0 Å². The van der Waals surface area contributed by atoms with Crippen molar-refractivity contribution in [2.75, 3.05) is 20.1 Å². The SMILES string of the molecule is CN(CCNCc1cccnc1)Cc1cccc(Br)c1. The normalized spacial score (nSPS) is 10.9. The summed E-state index contributed by atoms with van der Waals surface area (Å²) < 4.78 is 1.14. The van der Waals surface area contributed by atoms with Gasteiger partial charge in [-0.1, -0.05) is 34.1 Å². The number of benzene rings is 1. The molecule has 0 aliphatic rings. The molecule has 0 spiro atoms. The van der Waals surface area contributed by atoms with Crippen LogP contribution >= 0.6 is 15.9 Å². The van der Waals surface area contributed by atoms with Gasteiger partial charge in [-0.15, -0.1) is 0 Å². The van der Waals surface area contributed by atoms with E-state index in [4.69, 9.17) is 0 Å². The van der Waals surface area contributed by atoms with Crippen LogP contribution in [0.1, 0.15) is 11.1 Å². The Labute approximate surface area is 129 Å². The molecule has 1 aromatic carbocycles. The number of nitrogens with zero attached hydrogens (tertiary/aromatic N) is 2. The first-order chi connectivity index (χ1) is 9.74. The molecule has 3 nitrogen and oxygen atoms in total. The van der Waals surface area contributed by atoms with E-state index < -0.39 is 0 Å². The predicted molar refractivity (Wildman–Crippen MR) is 86.4 cm³/mol. The molecule has 0 radical (unpaired) electrons. The lowest BCUT2D eigenvalue weighted by atomic mass is 10.2. The highest BCUT2D eigenvalue weighted by atomic mass is 79.9. The van der Waals surface area contributed by atoms with Gasteiger partial charge in [-0.25, -0.2) is 0 Å². The maximum absolute atomic E-state index is 4.11. The van der Waals surface area contributed by atoms with Crippen LogP contribution in [0.25, 0.3) is 0 Å². The van der Waals surface area contributed by atoms with E-state index in [0.717, 1.165) is 30.7 Å². The van der Waals surface area contributed by atoms with Crippen molar-refractivity contribution in [1.29, 1.82) is 0 Å². The third-order valence-electron chi connectivity index (χ3n) is 3.06. The largest absolute Gasteiger partial charge is 0.311 e. The molecule has 0 saturated heterocycles. The summed E-state index contributed by atoms with van der Waals surface area (Å²) in [5, 5.41) is 3.44. The summed E-state index contributed by atoms with van der Waals surface area (Å²) in [4.78, 5) is 6.43. The first-order valence-corrected chi connectivity index (χ1v) is 7.56. The molecule has 2 aromatic rings. The Balaban J connectivity index is 1.66. The predicted octanol–water partition coefficient (Wildman–Crippen LogP) is 3.07. The Bertz CT molecular complexity index is 516. The maximum atomic E-state index is 4.11. The molecular formula is C16H20BrN3. The highest BCUT2D eigenvalue weighted by Crippen LogP contribution is 2.12. The number of hydrogen-bond donors (Lipinski definition) is 1. The second kappa shape index (κ2) is 8.15. The number of rotatable bonds is 7. The van der Waals surface area contributed by atoms with Crippen LogP contribution in [0, 0.1) is 0 Å². The summed E-state index contributed by atoms with van der Waals surface area (Å²) in [5.74, 6) is 0. The van der Waals surface area contributed by atoms with Crippen molar-refractivity contribution in [3.8, 4) is 0 Å². The van der Waals surface area contributed by atoms with Crippen LogP contribution in [-0.2, 0) is 13.1 Å². The highest BCUT2D eigenvalue weighted by Gasteiger charge is 2.00.